The van der Waals surface area contributed by atoms with Crippen molar-refractivity contribution >= 4 is 11.4 Å². The molecule has 0 N–H and O–H groups in total. The molecule has 0 saturated carbocycles. The first-order valence-electron chi connectivity index (χ1n) is 12.9. The van der Waals surface area contributed by atoms with Crippen LogP contribution in [0.15, 0.2) is 72.8 Å². The Bertz CT molecular complexity index is 902. The molecule has 4 heteroatoms. The second-order valence-corrected chi connectivity index (χ2v) is 8.85. The van der Waals surface area contributed by atoms with Crippen molar-refractivity contribution in [2.45, 2.75) is 41.5 Å². The van der Waals surface area contributed by atoms with Gasteiger partial charge in [-0.15, -0.1) is 0 Å². The number of rotatable bonds is 12. The molecule has 0 radical (unpaired) electrons. The summed E-state index contributed by atoms with van der Waals surface area (Å²) in [4.78, 5) is 0. The van der Waals surface area contributed by atoms with Crippen LogP contribution in [-0.2, 0) is 0 Å². The molecule has 34 heavy (non-hydrogen) atoms. The third-order valence-corrected chi connectivity index (χ3v) is 7.70. The van der Waals surface area contributed by atoms with Crippen LogP contribution in [0.4, 0.5) is 11.4 Å². The van der Waals surface area contributed by atoms with Gasteiger partial charge >= 0.3 is 0 Å². The fraction of sp³-hybridized carbons (Fsp3) is 0.400. The Hall–Kier alpha value is -2.82. The van der Waals surface area contributed by atoms with Crippen LogP contribution in [0.1, 0.15) is 41.5 Å². The van der Waals surface area contributed by atoms with Crippen LogP contribution < -0.4 is 18.4 Å². The fourth-order valence-corrected chi connectivity index (χ4v) is 4.95. The van der Waals surface area contributed by atoms with Crippen molar-refractivity contribution in [2.75, 3.05) is 39.3 Å². The van der Waals surface area contributed by atoms with Crippen molar-refractivity contribution in [1.82, 2.24) is 8.97 Å². The van der Waals surface area contributed by atoms with Crippen LogP contribution in [0, 0.1) is 0 Å². The summed E-state index contributed by atoms with van der Waals surface area (Å²) in [5.41, 5.74) is 2.67. The quantitative estimate of drug-likeness (QED) is 0.254. The minimum Gasteiger partial charge on any atom is -0.457 e. The second-order valence-electron chi connectivity index (χ2n) is 8.85. The first-order chi connectivity index (χ1) is 16.5. The number of hydrogen-bond acceptors (Lipinski definition) is 2. The van der Waals surface area contributed by atoms with Gasteiger partial charge in [-0.1, -0.05) is 0 Å². The predicted molar refractivity (Wildman–Crippen MR) is 146 cm³/mol. The molecule has 0 bridgehead atoms. The molecule has 3 aromatic carbocycles. The maximum atomic E-state index is 6.08. The lowest BCUT2D eigenvalue weighted by molar-refractivity contribution is 0.315. The SMILES string of the molecule is CC[N+](CC)(CC)c1ccc(Oc2ccc(Oc3ccc([N+](CC)(CC)CC)cc3)cc2)cc1. The molecule has 0 heterocycles. The summed E-state index contributed by atoms with van der Waals surface area (Å²) in [7, 11) is 0. The van der Waals surface area contributed by atoms with E-state index in [1.165, 1.54) is 11.4 Å². The molecule has 3 rings (SSSR count). The fourth-order valence-electron chi connectivity index (χ4n) is 4.95. The van der Waals surface area contributed by atoms with Crippen LogP contribution in [0.2, 0.25) is 0 Å². The average Bonchev–Trinajstić information content (AvgIpc) is 2.90. The monoisotopic (exact) mass is 462 g/mol. The molecule has 0 fully saturated rings. The number of quaternary nitrogens is 2. The summed E-state index contributed by atoms with van der Waals surface area (Å²) >= 11 is 0. The van der Waals surface area contributed by atoms with Gasteiger partial charge in [-0.05, 0) is 90.1 Å². The van der Waals surface area contributed by atoms with E-state index in [0.29, 0.717) is 0 Å². The van der Waals surface area contributed by atoms with Crippen molar-refractivity contribution in [3.05, 3.63) is 72.8 Å². The standard InChI is InChI=1S/C30H42N2O2/c1-7-31(8-2,9-3)25-13-17-27(18-14-25)33-29-21-23-30(24-22-29)34-28-19-15-26(16-20-28)32(10-4,11-5)12-6/h13-24H,7-12H2,1-6H3/q+2. The molecule has 3 aromatic rings. The minimum atomic E-state index is 0.800. The predicted octanol–water partition coefficient (Wildman–Crippen LogP) is 8.01. The van der Waals surface area contributed by atoms with E-state index in [1.807, 2.05) is 24.3 Å². The Kier molecular flexibility index (Phi) is 8.76. The summed E-state index contributed by atoms with van der Waals surface area (Å²) in [6.07, 6.45) is 0. The highest BCUT2D eigenvalue weighted by Gasteiger charge is 2.25. The summed E-state index contributed by atoms with van der Waals surface area (Å²) < 4.78 is 14.1. The molecule has 0 aliphatic rings. The highest BCUT2D eigenvalue weighted by atomic mass is 16.5. The van der Waals surface area contributed by atoms with E-state index in [4.69, 9.17) is 9.47 Å². The van der Waals surface area contributed by atoms with Gasteiger partial charge in [0, 0.05) is 24.3 Å². The van der Waals surface area contributed by atoms with Gasteiger partial charge < -0.3 is 9.47 Å². The maximum Gasteiger partial charge on any atom is 0.133 e. The summed E-state index contributed by atoms with van der Waals surface area (Å²) in [5.74, 6) is 3.29. The third-order valence-electron chi connectivity index (χ3n) is 7.70. The zero-order valence-electron chi connectivity index (χ0n) is 21.9. The molecule has 0 aliphatic heterocycles. The molecule has 0 unspecified atom stereocenters. The van der Waals surface area contributed by atoms with Crippen molar-refractivity contribution in [1.29, 1.82) is 0 Å². The molecule has 0 aromatic heterocycles. The van der Waals surface area contributed by atoms with Gasteiger partial charge in [0.25, 0.3) is 0 Å². The minimum absolute atomic E-state index is 0.800. The summed E-state index contributed by atoms with van der Waals surface area (Å²) in [5, 5.41) is 0. The van der Waals surface area contributed by atoms with Crippen molar-refractivity contribution in [3.63, 3.8) is 0 Å². The Morgan fingerprint density at radius 3 is 0.794 bits per heavy atom. The highest BCUT2D eigenvalue weighted by Crippen LogP contribution is 2.31. The zero-order chi connectivity index (χ0) is 24.6. The largest absolute Gasteiger partial charge is 0.457 e. The number of ether oxygens (including phenoxy) is 2. The van der Waals surface area contributed by atoms with E-state index in [9.17, 15) is 0 Å². The molecule has 0 saturated heterocycles. The van der Waals surface area contributed by atoms with Crippen LogP contribution in [0.5, 0.6) is 23.0 Å². The topological polar surface area (TPSA) is 18.5 Å². The van der Waals surface area contributed by atoms with Gasteiger partial charge in [-0.2, -0.15) is 0 Å². The first-order valence-corrected chi connectivity index (χ1v) is 12.9. The third kappa shape index (κ3) is 5.45. The van der Waals surface area contributed by atoms with E-state index in [1.54, 1.807) is 0 Å². The first kappa shape index (κ1) is 25.8. The highest BCUT2D eigenvalue weighted by molar-refractivity contribution is 5.48. The summed E-state index contributed by atoms with van der Waals surface area (Å²) in [6.45, 7) is 20.1. The Balaban J connectivity index is 1.64. The van der Waals surface area contributed by atoms with Gasteiger partial charge in [-0.25, -0.2) is 0 Å². The Morgan fingerprint density at radius 2 is 0.588 bits per heavy atom. The average molecular weight is 463 g/mol. The normalized spacial score (nSPS) is 11.9. The number of benzene rings is 3. The number of hydrogen-bond donors (Lipinski definition) is 0. The van der Waals surface area contributed by atoms with Gasteiger partial charge in [0.05, 0.1) is 39.3 Å². The van der Waals surface area contributed by atoms with Crippen LogP contribution in [0.3, 0.4) is 0 Å². The molecule has 0 atom stereocenters. The summed E-state index contributed by atoms with van der Waals surface area (Å²) in [6, 6.07) is 24.8. The van der Waals surface area contributed by atoms with Crippen LogP contribution in [-0.4, -0.2) is 39.3 Å². The van der Waals surface area contributed by atoms with Crippen LogP contribution >= 0.6 is 0 Å². The zero-order valence-corrected chi connectivity index (χ0v) is 21.9. The lowest BCUT2D eigenvalue weighted by atomic mass is 10.2. The van der Waals surface area contributed by atoms with E-state index in [0.717, 1.165) is 71.2 Å². The lowest BCUT2D eigenvalue weighted by Gasteiger charge is -2.35. The van der Waals surface area contributed by atoms with Gasteiger partial charge in [0.2, 0.25) is 0 Å². The van der Waals surface area contributed by atoms with Crippen LogP contribution in [0.25, 0.3) is 0 Å². The van der Waals surface area contributed by atoms with E-state index in [2.05, 4.69) is 90.1 Å². The van der Waals surface area contributed by atoms with E-state index < -0.39 is 0 Å². The van der Waals surface area contributed by atoms with E-state index in [-0.39, 0.29) is 0 Å². The van der Waals surface area contributed by atoms with Crippen molar-refractivity contribution < 1.29 is 9.47 Å². The molecule has 0 aliphatic carbocycles. The van der Waals surface area contributed by atoms with Gasteiger partial charge in [0.15, 0.2) is 0 Å². The molecule has 4 nitrogen and oxygen atoms in total. The van der Waals surface area contributed by atoms with Gasteiger partial charge in [0.1, 0.15) is 34.4 Å². The second kappa shape index (κ2) is 11.5. The van der Waals surface area contributed by atoms with Gasteiger partial charge in [-0.3, -0.25) is 8.97 Å². The number of nitrogens with zero attached hydrogens (tertiary/aromatic N) is 2. The molecule has 0 spiro atoms. The maximum absolute atomic E-state index is 6.08. The Labute approximate surface area is 206 Å². The van der Waals surface area contributed by atoms with Crippen molar-refractivity contribution in [3.8, 4) is 23.0 Å². The molecular weight excluding hydrogens is 420 g/mol. The lowest BCUT2D eigenvalue weighted by Crippen LogP contribution is -2.48. The van der Waals surface area contributed by atoms with Crippen molar-refractivity contribution in [2.24, 2.45) is 0 Å². The molecule has 182 valence electrons. The Morgan fingerprint density at radius 1 is 0.382 bits per heavy atom. The molecule has 0 amide bonds. The molecular formula is C30H42N2O2+2. The smallest absolute Gasteiger partial charge is 0.133 e. The van der Waals surface area contributed by atoms with E-state index >= 15 is 0 Å².